The van der Waals surface area contributed by atoms with Crippen molar-refractivity contribution in [1.82, 2.24) is 15.5 Å². The molecule has 0 amide bonds. The Bertz CT molecular complexity index is 561. The largest absolute Gasteiger partial charge is 0.376 e. The number of nitrogens with zero attached hydrogens (tertiary/aromatic N) is 2. The lowest BCUT2D eigenvalue weighted by Crippen LogP contribution is -2.46. The molecule has 1 aromatic rings. The molecule has 1 saturated heterocycles. The van der Waals surface area contributed by atoms with E-state index in [2.05, 4.69) is 55.4 Å². The molecule has 5 heteroatoms. The number of aliphatic imine (C=N–C) groups is 1. The van der Waals surface area contributed by atoms with Gasteiger partial charge in [0.25, 0.3) is 0 Å². The monoisotopic (exact) mass is 388 g/mol. The molecular weight excluding hydrogens is 348 g/mol. The van der Waals surface area contributed by atoms with E-state index in [1.165, 1.54) is 31.5 Å². The molecule has 1 aliphatic rings. The van der Waals surface area contributed by atoms with Gasteiger partial charge in [0, 0.05) is 32.2 Å². The average Bonchev–Trinajstić information content (AvgIpc) is 2.71. The first-order valence-electron chi connectivity index (χ1n) is 11.0. The van der Waals surface area contributed by atoms with Crippen molar-refractivity contribution in [1.29, 1.82) is 0 Å². The second kappa shape index (κ2) is 12.8. The normalized spacial score (nSPS) is 19.6. The van der Waals surface area contributed by atoms with Crippen LogP contribution in [-0.4, -0.2) is 56.2 Å². The minimum atomic E-state index is 0.394. The number of hydrogen-bond donors (Lipinski definition) is 2. The number of likely N-dealkylation sites (tertiary alicyclic amines) is 1. The molecule has 1 aromatic carbocycles. The molecule has 0 saturated carbocycles. The van der Waals surface area contributed by atoms with Crippen LogP contribution in [0.15, 0.2) is 35.3 Å². The first-order chi connectivity index (χ1) is 13.6. The van der Waals surface area contributed by atoms with Gasteiger partial charge < -0.3 is 20.3 Å². The number of piperidine rings is 1. The number of rotatable bonds is 10. The Kier molecular flexibility index (Phi) is 10.4. The average molecular weight is 389 g/mol. The molecule has 2 atom stereocenters. The summed E-state index contributed by atoms with van der Waals surface area (Å²) in [6, 6.07) is 11.0. The second-order valence-corrected chi connectivity index (χ2v) is 8.30. The summed E-state index contributed by atoms with van der Waals surface area (Å²) < 4.78 is 5.85. The standard InChI is InChI=1S/C23H40N4O/c1-5-24-23(26-15-22-12-9-13-27(16-22)19(2)3)25-14-20(4)17-28-18-21-10-7-6-8-11-21/h6-8,10-11,19-20,22H,5,9,12-18H2,1-4H3,(H2,24,25,26). The fourth-order valence-electron chi connectivity index (χ4n) is 3.57. The third-order valence-corrected chi connectivity index (χ3v) is 5.26. The summed E-state index contributed by atoms with van der Waals surface area (Å²) >= 11 is 0. The minimum Gasteiger partial charge on any atom is -0.376 e. The van der Waals surface area contributed by atoms with Crippen LogP contribution in [0.5, 0.6) is 0 Å². The van der Waals surface area contributed by atoms with E-state index in [1.54, 1.807) is 0 Å². The van der Waals surface area contributed by atoms with Gasteiger partial charge in [-0.3, -0.25) is 4.99 Å². The highest BCUT2D eigenvalue weighted by molar-refractivity contribution is 5.79. The molecule has 0 aliphatic carbocycles. The van der Waals surface area contributed by atoms with Crippen molar-refractivity contribution in [3.8, 4) is 0 Å². The Morgan fingerprint density at radius 3 is 2.71 bits per heavy atom. The lowest BCUT2D eigenvalue weighted by molar-refractivity contribution is 0.0944. The molecule has 0 aromatic heterocycles. The molecule has 2 N–H and O–H groups in total. The van der Waals surface area contributed by atoms with Gasteiger partial charge in [-0.1, -0.05) is 37.3 Å². The van der Waals surface area contributed by atoms with Crippen LogP contribution >= 0.6 is 0 Å². The van der Waals surface area contributed by atoms with Crippen LogP contribution in [0.1, 0.15) is 46.1 Å². The minimum absolute atomic E-state index is 0.394. The quantitative estimate of drug-likeness (QED) is 0.476. The van der Waals surface area contributed by atoms with Crippen LogP contribution < -0.4 is 10.6 Å². The van der Waals surface area contributed by atoms with Gasteiger partial charge in [-0.25, -0.2) is 0 Å². The number of ether oxygens (including phenoxy) is 1. The highest BCUT2D eigenvalue weighted by Crippen LogP contribution is 2.17. The predicted octanol–water partition coefficient (Wildman–Crippen LogP) is 3.51. The molecule has 2 rings (SSSR count). The first kappa shape index (κ1) is 22.7. The van der Waals surface area contributed by atoms with Gasteiger partial charge in [0.15, 0.2) is 5.96 Å². The summed E-state index contributed by atoms with van der Waals surface area (Å²) in [4.78, 5) is 7.37. The first-order valence-corrected chi connectivity index (χ1v) is 11.0. The molecule has 5 nitrogen and oxygen atoms in total. The Labute approximate surface area is 171 Å². The summed E-state index contributed by atoms with van der Waals surface area (Å²) in [6.07, 6.45) is 2.60. The van der Waals surface area contributed by atoms with Crippen LogP contribution in [0, 0.1) is 11.8 Å². The summed E-state index contributed by atoms with van der Waals surface area (Å²) in [5, 5.41) is 6.94. The molecule has 158 valence electrons. The van der Waals surface area contributed by atoms with Crippen molar-refractivity contribution >= 4 is 5.96 Å². The molecule has 28 heavy (non-hydrogen) atoms. The van der Waals surface area contributed by atoms with E-state index in [4.69, 9.17) is 9.73 Å². The predicted molar refractivity (Wildman–Crippen MR) is 119 cm³/mol. The summed E-state index contributed by atoms with van der Waals surface area (Å²) in [5.74, 6) is 2.02. The maximum absolute atomic E-state index is 5.85. The Morgan fingerprint density at radius 1 is 1.21 bits per heavy atom. The zero-order chi connectivity index (χ0) is 20.2. The molecule has 2 unspecified atom stereocenters. The fourth-order valence-corrected chi connectivity index (χ4v) is 3.57. The Balaban J connectivity index is 1.71. The van der Waals surface area contributed by atoms with Gasteiger partial charge in [0.2, 0.25) is 0 Å². The van der Waals surface area contributed by atoms with Crippen LogP contribution in [0.4, 0.5) is 0 Å². The molecule has 1 aliphatic heterocycles. The maximum Gasteiger partial charge on any atom is 0.191 e. The van der Waals surface area contributed by atoms with Crippen LogP contribution in [0.25, 0.3) is 0 Å². The van der Waals surface area contributed by atoms with E-state index in [0.29, 0.717) is 24.5 Å². The maximum atomic E-state index is 5.85. The van der Waals surface area contributed by atoms with Gasteiger partial charge in [-0.05, 0) is 57.6 Å². The van der Waals surface area contributed by atoms with Gasteiger partial charge in [0.1, 0.15) is 0 Å². The van der Waals surface area contributed by atoms with Crippen LogP contribution in [-0.2, 0) is 11.3 Å². The van der Waals surface area contributed by atoms with E-state index >= 15 is 0 Å². The van der Waals surface area contributed by atoms with E-state index in [1.807, 2.05) is 18.2 Å². The molecule has 0 radical (unpaired) electrons. The van der Waals surface area contributed by atoms with Crippen molar-refractivity contribution in [2.75, 3.05) is 39.3 Å². The zero-order valence-corrected chi connectivity index (χ0v) is 18.3. The van der Waals surface area contributed by atoms with Gasteiger partial charge in [-0.2, -0.15) is 0 Å². The van der Waals surface area contributed by atoms with Crippen molar-refractivity contribution in [2.45, 2.75) is 53.2 Å². The second-order valence-electron chi connectivity index (χ2n) is 8.30. The van der Waals surface area contributed by atoms with Gasteiger partial charge >= 0.3 is 0 Å². The van der Waals surface area contributed by atoms with Gasteiger partial charge in [0.05, 0.1) is 13.2 Å². The Morgan fingerprint density at radius 2 is 2.00 bits per heavy atom. The van der Waals surface area contributed by atoms with E-state index < -0.39 is 0 Å². The van der Waals surface area contributed by atoms with Crippen LogP contribution in [0.2, 0.25) is 0 Å². The number of guanidine groups is 1. The number of benzene rings is 1. The highest BCUT2D eigenvalue weighted by atomic mass is 16.5. The summed E-state index contributed by atoms with van der Waals surface area (Å²) in [7, 11) is 0. The third-order valence-electron chi connectivity index (χ3n) is 5.26. The number of nitrogens with one attached hydrogen (secondary N) is 2. The number of hydrogen-bond acceptors (Lipinski definition) is 3. The highest BCUT2D eigenvalue weighted by Gasteiger charge is 2.21. The van der Waals surface area contributed by atoms with E-state index in [9.17, 15) is 0 Å². The van der Waals surface area contributed by atoms with Crippen molar-refractivity contribution in [3.63, 3.8) is 0 Å². The van der Waals surface area contributed by atoms with E-state index in [0.717, 1.165) is 32.2 Å². The summed E-state index contributed by atoms with van der Waals surface area (Å²) in [6.45, 7) is 15.4. The lowest BCUT2D eigenvalue weighted by Gasteiger charge is -2.35. The molecule has 0 spiro atoms. The zero-order valence-electron chi connectivity index (χ0n) is 18.3. The fraction of sp³-hybridized carbons (Fsp3) is 0.696. The topological polar surface area (TPSA) is 48.9 Å². The lowest BCUT2D eigenvalue weighted by atomic mass is 9.97. The molecule has 1 fully saturated rings. The Hall–Kier alpha value is -1.59. The smallest absolute Gasteiger partial charge is 0.191 e. The van der Waals surface area contributed by atoms with Crippen molar-refractivity contribution < 1.29 is 4.74 Å². The third kappa shape index (κ3) is 8.61. The molecule has 1 heterocycles. The van der Waals surface area contributed by atoms with Crippen LogP contribution in [0.3, 0.4) is 0 Å². The SMILES string of the molecule is CCNC(=NCC(C)COCc1ccccc1)NCC1CCCN(C(C)C)C1. The summed E-state index contributed by atoms with van der Waals surface area (Å²) in [5.41, 5.74) is 1.22. The van der Waals surface area contributed by atoms with E-state index in [-0.39, 0.29) is 0 Å². The van der Waals surface area contributed by atoms with Crippen molar-refractivity contribution in [2.24, 2.45) is 16.8 Å². The van der Waals surface area contributed by atoms with Gasteiger partial charge in [-0.15, -0.1) is 0 Å². The van der Waals surface area contributed by atoms with Crippen molar-refractivity contribution in [3.05, 3.63) is 35.9 Å². The molecule has 0 bridgehead atoms. The molecular formula is C23H40N4O.